The molecule has 0 radical (unpaired) electrons. The number of benzene rings is 1. The van der Waals surface area contributed by atoms with Crippen molar-refractivity contribution in [2.45, 2.75) is 25.9 Å². The maximum atomic E-state index is 15.0. The number of methoxy groups -OCH3 is 2. The maximum Gasteiger partial charge on any atom is 0.320 e. The standard InChI is InChI=1S/C17H21ClFNO8/c1-5-28-15-9(8(2)21)6-11(18)14(19)12(15)10(7-20(24)25)13(16(22)26-3)17(23)27-4/h6,8,10,13,21H,5,7H2,1-4H3/t8-,10+/m1/s1. The number of aliphatic hydroxyl groups is 1. The Labute approximate surface area is 165 Å². The van der Waals surface area contributed by atoms with Crippen molar-refractivity contribution in [3.63, 3.8) is 0 Å². The number of hydrogen-bond acceptors (Lipinski definition) is 8. The summed E-state index contributed by atoms with van der Waals surface area (Å²) < 4.78 is 29.5. The summed E-state index contributed by atoms with van der Waals surface area (Å²) in [5, 5.41) is 20.8. The number of esters is 2. The molecule has 11 heteroatoms. The lowest BCUT2D eigenvalue weighted by atomic mass is 9.83. The minimum absolute atomic E-state index is 0.0140. The summed E-state index contributed by atoms with van der Waals surface area (Å²) >= 11 is 5.90. The lowest BCUT2D eigenvalue weighted by Gasteiger charge is -2.25. The van der Waals surface area contributed by atoms with E-state index in [0.717, 1.165) is 20.3 Å². The van der Waals surface area contributed by atoms with E-state index in [1.807, 2.05) is 0 Å². The predicted molar refractivity (Wildman–Crippen MR) is 95.3 cm³/mol. The Hall–Kier alpha value is -2.46. The van der Waals surface area contributed by atoms with Crippen molar-refractivity contribution in [2.75, 3.05) is 27.4 Å². The van der Waals surface area contributed by atoms with Crippen molar-refractivity contribution in [1.82, 2.24) is 0 Å². The molecular formula is C17H21ClFNO8. The molecule has 2 atom stereocenters. The molecule has 0 bridgehead atoms. The highest BCUT2D eigenvalue weighted by Crippen LogP contribution is 2.42. The van der Waals surface area contributed by atoms with Gasteiger partial charge in [-0.15, -0.1) is 0 Å². The molecule has 1 N–H and O–H groups in total. The summed E-state index contributed by atoms with van der Waals surface area (Å²) in [6.45, 7) is 1.92. The highest BCUT2D eigenvalue weighted by molar-refractivity contribution is 6.31. The van der Waals surface area contributed by atoms with Crippen LogP contribution in [0.4, 0.5) is 4.39 Å². The Balaban J connectivity index is 3.89. The summed E-state index contributed by atoms with van der Waals surface area (Å²) in [6.07, 6.45) is -1.18. The van der Waals surface area contributed by atoms with E-state index in [2.05, 4.69) is 9.47 Å². The van der Waals surface area contributed by atoms with Gasteiger partial charge < -0.3 is 19.3 Å². The van der Waals surface area contributed by atoms with E-state index < -0.39 is 57.7 Å². The van der Waals surface area contributed by atoms with Crippen LogP contribution in [0.3, 0.4) is 0 Å². The van der Waals surface area contributed by atoms with Crippen LogP contribution in [-0.4, -0.2) is 49.3 Å². The zero-order chi connectivity index (χ0) is 21.6. The number of ether oxygens (including phenoxy) is 3. The first-order valence-corrected chi connectivity index (χ1v) is 8.58. The fourth-order valence-corrected chi connectivity index (χ4v) is 3.02. The summed E-state index contributed by atoms with van der Waals surface area (Å²) in [4.78, 5) is 34.8. The van der Waals surface area contributed by atoms with Gasteiger partial charge in [0.05, 0.1) is 37.9 Å². The Bertz CT molecular complexity index is 739. The summed E-state index contributed by atoms with van der Waals surface area (Å²) in [7, 11) is 1.95. The fraction of sp³-hybridized carbons (Fsp3) is 0.529. The van der Waals surface area contributed by atoms with Gasteiger partial charge in [0.25, 0.3) is 0 Å². The summed E-state index contributed by atoms with van der Waals surface area (Å²) in [5.74, 6) is -7.16. The normalized spacial score (nSPS) is 13.0. The van der Waals surface area contributed by atoms with Crippen LogP contribution in [0.2, 0.25) is 5.02 Å². The molecule has 0 amide bonds. The SMILES string of the molecule is CCOc1c([C@@H](C)O)cc(Cl)c(F)c1[C@H](C[N+](=O)[O-])C(C(=O)OC)C(=O)OC. The Morgan fingerprint density at radius 2 is 1.86 bits per heavy atom. The van der Waals surface area contributed by atoms with Crippen LogP contribution in [-0.2, 0) is 19.1 Å². The number of carbonyl (C=O) groups is 2. The average Bonchev–Trinajstić information content (AvgIpc) is 2.63. The van der Waals surface area contributed by atoms with Crippen LogP contribution >= 0.6 is 11.6 Å². The molecule has 0 fully saturated rings. The van der Waals surface area contributed by atoms with Gasteiger partial charge in [0.1, 0.15) is 11.6 Å². The topological polar surface area (TPSA) is 125 Å². The fourth-order valence-electron chi connectivity index (χ4n) is 2.80. The van der Waals surface area contributed by atoms with Crippen LogP contribution in [0, 0.1) is 21.8 Å². The molecule has 1 aromatic carbocycles. The number of carbonyl (C=O) groups excluding carboxylic acids is 2. The van der Waals surface area contributed by atoms with Crippen LogP contribution in [0.5, 0.6) is 5.75 Å². The predicted octanol–water partition coefficient (Wildman–Crippen LogP) is 2.25. The molecule has 0 unspecified atom stereocenters. The molecule has 9 nitrogen and oxygen atoms in total. The molecule has 0 aliphatic rings. The number of nitro groups is 1. The number of rotatable bonds is 9. The van der Waals surface area contributed by atoms with Gasteiger partial charge in [-0.2, -0.15) is 0 Å². The van der Waals surface area contributed by atoms with Crippen molar-refractivity contribution >= 4 is 23.5 Å². The number of nitrogens with zero attached hydrogens (tertiary/aromatic N) is 1. The average molecular weight is 422 g/mol. The van der Waals surface area contributed by atoms with Gasteiger partial charge in [-0.3, -0.25) is 19.7 Å². The van der Waals surface area contributed by atoms with Crippen LogP contribution in [0.1, 0.15) is 37.0 Å². The van der Waals surface area contributed by atoms with E-state index in [1.165, 1.54) is 6.92 Å². The van der Waals surface area contributed by atoms with Crippen molar-refractivity contribution in [3.05, 3.63) is 38.1 Å². The first kappa shape index (κ1) is 23.6. The van der Waals surface area contributed by atoms with Gasteiger partial charge in [0, 0.05) is 16.1 Å². The van der Waals surface area contributed by atoms with Gasteiger partial charge in [-0.25, -0.2) is 4.39 Å². The number of hydrogen-bond donors (Lipinski definition) is 1. The largest absolute Gasteiger partial charge is 0.493 e. The maximum absolute atomic E-state index is 15.0. The summed E-state index contributed by atoms with van der Waals surface area (Å²) in [5.41, 5.74) is -0.437. The van der Waals surface area contributed by atoms with E-state index in [0.29, 0.717) is 0 Å². The minimum Gasteiger partial charge on any atom is -0.493 e. The second-order valence-corrected chi connectivity index (χ2v) is 6.17. The molecule has 0 aliphatic carbocycles. The Kier molecular flexibility index (Phi) is 8.58. The van der Waals surface area contributed by atoms with Crippen LogP contribution < -0.4 is 4.74 Å². The van der Waals surface area contributed by atoms with E-state index in [4.69, 9.17) is 16.3 Å². The third-order valence-corrected chi connectivity index (χ3v) is 4.28. The van der Waals surface area contributed by atoms with E-state index in [9.17, 15) is 24.8 Å². The van der Waals surface area contributed by atoms with E-state index >= 15 is 4.39 Å². The molecule has 28 heavy (non-hydrogen) atoms. The smallest absolute Gasteiger partial charge is 0.320 e. The molecule has 0 heterocycles. The number of halogens is 2. The number of aliphatic hydroxyl groups excluding tert-OH is 1. The molecule has 0 spiro atoms. The Morgan fingerprint density at radius 3 is 2.25 bits per heavy atom. The second-order valence-electron chi connectivity index (χ2n) is 5.76. The van der Waals surface area contributed by atoms with Gasteiger partial charge in [-0.1, -0.05) is 11.6 Å². The first-order chi connectivity index (χ1) is 13.1. The van der Waals surface area contributed by atoms with Crippen molar-refractivity contribution in [2.24, 2.45) is 5.92 Å². The van der Waals surface area contributed by atoms with Crippen LogP contribution in [0.15, 0.2) is 6.07 Å². The van der Waals surface area contributed by atoms with Crippen molar-refractivity contribution in [1.29, 1.82) is 0 Å². The molecule has 1 aromatic rings. The third kappa shape index (κ3) is 5.08. The van der Waals surface area contributed by atoms with E-state index in [-0.39, 0.29) is 17.9 Å². The zero-order valence-electron chi connectivity index (χ0n) is 15.7. The van der Waals surface area contributed by atoms with Crippen molar-refractivity contribution < 1.29 is 38.2 Å². The Morgan fingerprint density at radius 1 is 1.32 bits per heavy atom. The van der Waals surface area contributed by atoms with Crippen molar-refractivity contribution in [3.8, 4) is 5.75 Å². The zero-order valence-corrected chi connectivity index (χ0v) is 16.5. The highest BCUT2D eigenvalue weighted by Gasteiger charge is 2.44. The molecule has 1 rings (SSSR count). The van der Waals surface area contributed by atoms with Gasteiger partial charge >= 0.3 is 11.9 Å². The quantitative estimate of drug-likeness (QED) is 0.278. The lowest BCUT2D eigenvalue weighted by Crippen LogP contribution is -2.36. The first-order valence-electron chi connectivity index (χ1n) is 8.20. The van der Waals surface area contributed by atoms with Gasteiger partial charge in [0.15, 0.2) is 5.92 Å². The molecule has 0 aliphatic heterocycles. The molecule has 0 aromatic heterocycles. The summed E-state index contributed by atoms with van der Waals surface area (Å²) in [6, 6.07) is 1.12. The highest BCUT2D eigenvalue weighted by atomic mass is 35.5. The molecule has 0 saturated carbocycles. The van der Waals surface area contributed by atoms with Gasteiger partial charge in [0.2, 0.25) is 6.54 Å². The second kappa shape index (κ2) is 10.2. The molecular weight excluding hydrogens is 401 g/mol. The minimum atomic E-state index is -1.85. The van der Waals surface area contributed by atoms with E-state index in [1.54, 1.807) is 6.92 Å². The lowest BCUT2D eigenvalue weighted by molar-refractivity contribution is -0.484. The van der Waals surface area contributed by atoms with Gasteiger partial charge in [-0.05, 0) is 19.9 Å². The molecule has 156 valence electrons. The third-order valence-electron chi connectivity index (χ3n) is 4.00. The molecule has 0 saturated heterocycles. The monoisotopic (exact) mass is 421 g/mol. The van der Waals surface area contributed by atoms with Crippen LogP contribution in [0.25, 0.3) is 0 Å².